The number of carboxylic acids is 1. The van der Waals surface area contributed by atoms with Crippen LogP contribution in [0.2, 0.25) is 0 Å². The number of carbonyl (C=O) groups is 1. The van der Waals surface area contributed by atoms with Gasteiger partial charge in [-0.05, 0) is 30.4 Å². The van der Waals surface area contributed by atoms with Gasteiger partial charge in [0.25, 0.3) is 0 Å². The summed E-state index contributed by atoms with van der Waals surface area (Å²) >= 11 is 0. The Hall–Kier alpha value is -1.35. The Balaban J connectivity index is 2.33. The highest BCUT2D eigenvalue weighted by Gasteiger charge is 2.29. The van der Waals surface area contributed by atoms with Gasteiger partial charge in [0.05, 0.1) is 0 Å². The predicted octanol–water partition coefficient (Wildman–Crippen LogP) is 1.52. The molecule has 0 aliphatic heterocycles. The van der Waals surface area contributed by atoms with Crippen LogP contribution in [-0.2, 0) is 11.2 Å². The van der Waals surface area contributed by atoms with Crippen molar-refractivity contribution in [3.63, 3.8) is 0 Å². The van der Waals surface area contributed by atoms with Gasteiger partial charge in [0, 0.05) is 5.92 Å². The first-order valence-corrected chi connectivity index (χ1v) is 5.26. The third kappa shape index (κ3) is 1.88. The lowest BCUT2D eigenvalue weighted by Gasteiger charge is -2.27. The third-order valence-electron chi connectivity index (χ3n) is 3.13. The van der Waals surface area contributed by atoms with Crippen molar-refractivity contribution in [2.75, 3.05) is 0 Å². The molecule has 3 N–H and O–H groups in total. The summed E-state index contributed by atoms with van der Waals surface area (Å²) in [5, 5.41) is 8.93. The van der Waals surface area contributed by atoms with Gasteiger partial charge in [-0.25, -0.2) is 0 Å². The molecule has 0 bridgehead atoms. The number of rotatable bonds is 2. The zero-order valence-electron chi connectivity index (χ0n) is 8.52. The van der Waals surface area contributed by atoms with Crippen LogP contribution in [-0.4, -0.2) is 17.1 Å². The van der Waals surface area contributed by atoms with Crippen molar-refractivity contribution in [1.82, 2.24) is 0 Å². The lowest BCUT2D eigenvalue weighted by molar-refractivity contribution is -0.139. The predicted molar refractivity (Wildman–Crippen MR) is 57.7 cm³/mol. The fraction of sp³-hybridized carbons (Fsp3) is 0.417. The van der Waals surface area contributed by atoms with Crippen LogP contribution in [0, 0.1) is 0 Å². The van der Waals surface area contributed by atoms with Gasteiger partial charge in [0.1, 0.15) is 6.04 Å². The second kappa shape index (κ2) is 4.03. The van der Waals surface area contributed by atoms with Gasteiger partial charge in [0.2, 0.25) is 0 Å². The number of benzene rings is 1. The van der Waals surface area contributed by atoms with Crippen molar-refractivity contribution in [2.24, 2.45) is 5.73 Å². The minimum absolute atomic E-state index is 0.0209. The van der Waals surface area contributed by atoms with Gasteiger partial charge in [-0.3, -0.25) is 4.79 Å². The maximum Gasteiger partial charge on any atom is 0.321 e. The Morgan fingerprint density at radius 3 is 2.93 bits per heavy atom. The first-order valence-electron chi connectivity index (χ1n) is 5.26. The van der Waals surface area contributed by atoms with E-state index in [0.717, 1.165) is 24.8 Å². The Kier molecular flexibility index (Phi) is 2.73. The van der Waals surface area contributed by atoms with Gasteiger partial charge in [0.15, 0.2) is 0 Å². The minimum atomic E-state index is -0.906. The Bertz CT molecular complexity index is 376. The van der Waals surface area contributed by atoms with E-state index < -0.39 is 12.0 Å². The van der Waals surface area contributed by atoms with Crippen LogP contribution < -0.4 is 5.73 Å². The van der Waals surface area contributed by atoms with Crippen LogP contribution in [0.1, 0.15) is 29.9 Å². The van der Waals surface area contributed by atoms with Crippen LogP contribution in [0.25, 0.3) is 0 Å². The summed E-state index contributed by atoms with van der Waals surface area (Å²) in [4.78, 5) is 10.9. The molecule has 1 aromatic rings. The first kappa shape index (κ1) is 10.2. The Morgan fingerprint density at radius 2 is 2.20 bits per heavy atom. The van der Waals surface area contributed by atoms with Crippen molar-refractivity contribution >= 4 is 5.97 Å². The number of aliphatic carboxylic acids is 1. The molecule has 1 aliphatic rings. The molecule has 0 saturated carbocycles. The summed E-state index contributed by atoms with van der Waals surface area (Å²) in [5.74, 6) is -0.927. The monoisotopic (exact) mass is 205 g/mol. The van der Waals surface area contributed by atoms with Gasteiger partial charge < -0.3 is 10.8 Å². The van der Waals surface area contributed by atoms with Crippen LogP contribution in [0.5, 0.6) is 0 Å². The topological polar surface area (TPSA) is 63.3 Å². The molecule has 3 heteroatoms. The van der Waals surface area contributed by atoms with Crippen LogP contribution in [0.4, 0.5) is 0 Å². The number of fused-ring (bicyclic) bond motifs is 1. The van der Waals surface area contributed by atoms with E-state index in [0.29, 0.717) is 0 Å². The highest BCUT2D eigenvalue weighted by Crippen LogP contribution is 2.33. The van der Waals surface area contributed by atoms with Crippen molar-refractivity contribution in [3.05, 3.63) is 35.4 Å². The van der Waals surface area contributed by atoms with E-state index in [4.69, 9.17) is 10.8 Å². The molecule has 2 atom stereocenters. The van der Waals surface area contributed by atoms with E-state index in [1.54, 1.807) is 0 Å². The number of aryl methyl sites for hydroxylation is 1. The van der Waals surface area contributed by atoms with E-state index in [-0.39, 0.29) is 5.92 Å². The Morgan fingerprint density at radius 1 is 1.47 bits per heavy atom. The average molecular weight is 205 g/mol. The van der Waals surface area contributed by atoms with E-state index in [1.165, 1.54) is 5.56 Å². The minimum Gasteiger partial charge on any atom is -0.480 e. The molecule has 0 fully saturated rings. The lowest BCUT2D eigenvalue weighted by atomic mass is 9.79. The SMILES string of the molecule is N[C@@H](C(=O)O)[C@@H]1CCCc2ccccc21. The standard InChI is InChI=1S/C12H15NO2/c13-11(12(14)15)10-7-3-5-8-4-1-2-6-9(8)10/h1-2,4,6,10-11H,3,5,7,13H2,(H,14,15)/t10-,11-/m1/s1. The third-order valence-corrected chi connectivity index (χ3v) is 3.13. The summed E-state index contributed by atoms with van der Waals surface area (Å²) < 4.78 is 0. The van der Waals surface area contributed by atoms with E-state index >= 15 is 0 Å². The molecule has 1 aliphatic carbocycles. The summed E-state index contributed by atoms with van der Waals surface area (Å²) in [6.45, 7) is 0. The summed E-state index contributed by atoms with van der Waals surface area (Å²) in [5.41, 5.74) is 8.09. The summed E-state index contributed by atoms with van der Waals surface area (Å²) in [7, 11) is 0. The highest BCUT2D eigenvalue weighted by atomic mass is 16.4. The highest BCUT2D eigenvalue weighted by molar-refractivity contribution is 5.74. The van der Waals surface area contributed by atoms with Gasteiger partial charge in [-0.2, -0.15) is 0 Å². The van der Waals surface area contributed by atoms with Crippen LogP contribution in [0.3, 0.4) is 0 Å². The maximum atomic E-state index is 10.9. The number of hydrogen-bond donors (Lipinski definition) is 2. The molecule has 3 nitrogen and oxygen atoms in total. The number of nitrogens with two attached hydrogens (primary N) is 1. The summed E-state index contributed by atoms with van der Waals surface area (Å²) in [6.07, 6.45) is 2.95. The summed E-state index contributed by atoms with van der Waals surface area (Å²) in [6, 6.07) is 7.24. The number of carboxylic acid groups (broad SMARTS) is 1. The molecular formula is C12H15NO2. The van der Waals surface area contributed by atoms with Crippen molar-refractivity contribution < 1.29 is 9.90 Å². The maximum absolute atomic E-state index is 10.9. The van der Waals surface area contributed by atoms with E-state index in [9.17, 15) is 4.79 Å². The largest absolute Gasteiger partial charge is 0.480 e. The fourth-order valence-electron chi connectivity index (χ4n) is 2.34. The molecule has 0 saturated heterocycles. The molecule has 80 valence electrons. The molecule has 1 aromatic carbocycles. The van der Waals surface area contributed by atoms with Gasteiger partial charge in [-0.15, -0.1) is 0 Å². The van der Waals surface area contributed by atoms with Crippen molar-refractivity contribution in [3.8, 4) is 0 Å². The average Bonchev–Trinajstić information content (AvgIpc) is 2.27. The smallest absolute Gasteiger partial charge is 0.321 e. The quantitative estimate of drug-likeness (QED) is 0.769. The molecule has 0 aromatic heterocycles. The van der Waals surface area contributed by atoms with Crippen molar-refractivity contribution in [1.29, 1.82) is 0 Å². The normalized spacial score (nSPS) is 21.8. The molecule has 0 amide bonds. The first-order chi connectivity index (χ1) is 7.20. The number of hydrogen-bond acceptors (Lipinski definition) is 2. The second-order valence-electron chi connectivity index (χ2n) is 4.06. The lowest BCUT2D eigenvalue weighted by Crippen LogP contribution is -2.38. The van der Waals surface area contributed by atoms with Crippen molar-refractivity contribution in [2.45, 2.75) is 31.2 Å². The molecule has 15 heavy (non-hydrogen) atoms. The second-order valence-corrected chi connectivity index (χ2v) is 4.06. The zero-order valence-corrected chi connectivity index (χ0v) is 8.52. The van der Waals surface area contributed by atoms with E-state index in [1.807, 2.05) is 18.2 Å². The van der Waals surface area contributed by atoms with Crippen LogP contribution in [0.15, 0.2) is 24.3 Å². The molecular weight excluding hydrogens is 190 g/mol. The Labute approximate surface area is 88.9 Å². The molecule has 2 rings (SSSR count). The zero-order chi connectivity index (χ0) is 10.8. The molecule has 0 heterocycles. The van der Waals surface area contributed by atoms with Gasteiger partial charge >= 0.3 is 5.97 Å². The van der Waals surface area contributed by atoms with Gasteiger partial charge in [-0.1, -0.05) is 24.3 Å². The van der Waals surface area contributed by atoms with Crippen LogP contribution >= 0.6 is 0 Å². The fourth-order valence-corrected chi connectivity index (χ4v) is 2.34. The molecule has 0 radical (unpaired) electrons. The molecule has 0 unspecified atom stereocenters. The van der Waals surface area contributed by atoms with E-state index in [2.05, 4.69) is 6.07 Å². The molecule has 0 spiro atoms.